The van der Waals surface area contributed by atoms with Crippen molar-refractivity contribution in [3.05, 3.63) is 152 Å². The van der Waals surface area contributed by atoms with Crippen molar-refractivity contribution < 1.29 is 41.7 Å². The number of aromatic nitrogens is 1. The van der Waals surface area contributed by atoms with Gasteiger partial charge in [0.25, 0.3) is 10.0 Å². The summed E-state index contributed by atoms with van der Waals surface area (Å²) in [5.74, 6) is -0.182. The lowest BCUT2D eigenvalue weighted by molar-refractivity contribution is -0.145. The van der Waals surface area contributed by atoms with E-state index in [9.17, 15) is 19.6 Å². The summed E-state index contributed by atoms with van der Waals surface area (Å²) in [4.78, 5) is 47.1. The third-order valence-corrected chi connectivity index (χ3v) is 17.1. The molecule has 1 N–H and O–H groups in total. The Morgan fingerprint density at radius 1 is 0.929 bits per heavy atom. The fourth-order valence-electron chi connectivity index (χ4n) is 8.76. The fourth-order valence-corrected chi connectivity index (χ4v) is 12.4. The summed E-state index contributed by atoms with van der Waals surface area (Å²) in [7, 11) is -3.26. The van der Waals surface area contributed by atoms with Crippen LogP contribution in [0.15, 0.2) is 107 Å². The first kappa shape index (κ1) is 48.5. The molecule has 360 valence electrons. The third kappa shape index (κ3) is 10.2. The fraction of sp³-hybridized carbons (Fsp3) is 0.288. The number of nitrogens with one attached hydrogen (secondary N) is 1. The van der Waals surface area contributed by atoms with Gasteiger partial charge in [0, 0.05) is 25.9 Å². The van der Waals surface area contributed by atoms with Crippen LogP contribution in [0.1, 0.15) is 71.4 Å². The van der Waals surface area contributed by atoms with Crippen LogP contribution in [-0.2, 0) is 55.1 Å². The van der Waals surface area contributed by atoms with E-state index in [-0.39, 0.29) is 59.6 Å². The summed E-state index contributed by atoms with van der Waals surface area (Å²) in [5.41, 5.74) is 6.19. The molecule has 0 spiro atoms. The molecule has 1 unspecified atom stereocenters. The van der Waals surface area contributed by atoms with Gasteiger partial charge in [-0.05, 0) is 120 Å². The van der Waals surface area contributed by atoms with Crippen LogP contribution in [0, 0.1) is 18.3 Å². The summed E-state index contributed by atoms with van der Waals surface area (Å²) in [6.45, 7) is 3.26. The number of halogens is 2. The minimum absolute atomic E-state index is 0.0514. The Morgan fingerprint density at radius 2 is 1.61 bits per heavy atom. The van der Waals surface area contributed by atoms with Crippen LogP contribution in [0.4, 0.5) is 5.13 Å². The third-order valence-electron chi connectivity index (χ3n) is 12.8. The Balaban J connectivity index is 0.980. The van der Waals surface area contributed by atoms with E-state index in [1.165, 1.54) is 14.0 Å². The number of anilines is 1. The lowest BCUT2D eigenvalue weighted by Crippen LogP contribution is -2.56. The Labute approximate surface area is 419 Å². The number of carbonyl (C=O) groups excluding carboxylic acids is 3. The first-order chi connectivity index (χ1) is 33.7. The molecule has 18 heteroatoms. The Hall–Kier alpha value is -6.48. The van der Waals surface area contributed by atoms with E-state index in [1.54, 1.807) is 48.2 Å². The Morgan fingerprint density at radius 3 is 2.26 bits per heavy atom. The molecule has 2 amide bonds. The number of hydrogen-bond donors (Lipinski definition) is 1. The van der Waals surface area contributed by atoms with E-state index in [4.69, 9.17) is 42.1 Å². The van der Waals surface area contributed by atoms with Crippen molar-refractivity contribution in [3.63, 3.8) is 0 Å². The minimum atomic E-state index is -4.48. The number of amides is 2. The number of sulfonamides is 1. The number of hydrogen-bond acceptors (Lipinski definition) is 12. The number of ether oxygens (including phenoxy) is 4. The number of thiazole rings is 1. The van der Waals surface area contributed by atoms with Gasteiger partial charge in [0.15, 0.2) is 26.9 Å². The van der Waals surface area contributed by atoms with Crippen molar-refractivity contribution in [2.75, 3.05) is 18.6 Å². The summed E-state index contributed by atoms with van der Waals surface area (Å²) in [6.07, 6.45) is 2.00. The molecule has 3 heterocycles. The quantitative estimate of drug-likeness (QED) is 0.103. The van der Waals surface area contributed by atoms with Gasteiger partial charge in [-0.2, -0.15) is 9.57 Å². The number of benzene rings is 5. The first-order valence-corrected chi connectivity index (χ1v) is 25.6. The van der Waals surface area contributed by atoms with Gasteiger partial charge < -0.3 is 24.3 Å². The SMILES string of the molecule is COC(=O)C(Cc1ccc(-c2ccc(C#N)cc2)cc1)NC(=O)[C@@H]1Cc2cc3c(cc2CN1S(=O)(=O)c1sc(N(C(C)=O)C2CCC2)nc1C)O[C@@H](c1ccc(OCc2ccc(Cl)c(Cl)c2)cc1)CO3. The van der Waals surface area contributed by atoms with Crippen LogP contribution >= 0.6 is 34.5 Å². The van der Waals surface area contributed by atoms with Crippen molar-refractivity contribution in [2.24, 2.45) is 0 Å². The monoisotopic (exact) mass is 1020 g/mol. The predicted molar refractivity (Wildman–Crippen MR) is 265 cm³/mol. The number of rotatable bonds is 14. The molecule has 9 rings (SSSR count). The highest BCUT2D eigenvalue weighted by atomic mass is 35.5. The van der Waals surface area contributed by atoms with Crippen LogP contribution in [0.2, 0.25) is 10.0 Å². The number of aryl methyl sites for hydroxylation is 1. The number of esters is 1. The van der Waals surface area contributed by atoms with Crippen molar-refractivity contribution in [1.82, 2.24) is 14.6 Å². The first-order valence-electron chi connectivity index (χ1n) is 22.6. The molecule has 0 bridgehead atoms. The second-order valence-electron chi connectivity index (χ2n) is 17.4. The summed E-state index contributed by atoms with van der Waals surface area (Å²) in [5, 5.41) is 13.2. The second kappa shape index (κ2) is 20.5. The summed E-state index contributed by atoms with van der Waals surface area (Å²) in [6, 6.07) is 30.4. The van der Waals surface area contributed by atoms with Gasteiger partial charge in [0.1, 0.15) is 31.0 Å². The zero-order chi connectivity index (χ0) is 49.3. The maximum atomic E-state index is 15.1. The Bertz CT molecular complexity index is 3120. The molecule has 5 aromatic carbocycles. The predicted octanol–water partition coefficient (Wildman–Crippen LogP) is 9.31. The molecule has 14 nitrogen and oxygen atoms in total. The van der Waals surface area contributed by atoms with Crippen LogP contribution in [0.25, 0.3) is 11.1 Å². The van der Waals surface area contributed by atoms with Gasteiger partial charge in [0.2, 0.25) is 11.8 Å². The van der Waals surface area contributed by atoms with E-state index in [2.05, 4.69) is 16.4 Å². The van der Waals surface area contributed by atoms with Crippen LogP contribution in [0.3, 0.4) is 0 Å². The van der Waals surface area contributed by atoms with E-state index >= 15 is 8.42 Å². The topological polar surface area (TPSA) is 177 Å². The normalized spacial score (nSPS) is 17.0. The average molecular weight is 1020 g/mol. The molecule has 3 atom stereocenters. The number of nitrogens with zero attached hydrogens (tertiary/aromatic N) is 4. The number of fused-ring (bicyclic) bond motifs is 2. The number of carbonyl (C=O) groups is 3. The van der Waals surface area contributed by atoms with Crippen molar-refractivity contribution in [3.8, 4) is 34.4 Å². The van der Waals surface area contributed by atoms with Crippen molar-refractivity contribution in [2.45, 2.75) is 87.5 Å². The standard InChI is InChI=1S/C52H47Cl2N5O9S2/c1-30-51(69-52(56-30)59(31(2)60)40-5-4-6-40)70(63,64)58-27-39-25-47-46(67-29-48(68-47)37-16-18-41(19-17-37)66-28-34-11-20-42(53)43(54)21-34)24-38(39)23-45(58)49(61)57-44(50(62)65-3)22-32-7-12-35(13-8-32)36-14-9-33(26-55)10-15-36/h7-21,24-25,40,44-45,48H,4-6,22-23,27-29H2,1-3H3,(H,57,61)/t44?,45-,48+/m0/s1. The molecule has 1 fully saturated rings. The van der Waals surface area contributed by atoms with Gasteiger partial charge >= 0.3 is 5.97 Å². The molecule has 70 heavy (non-hydrogen) atoms. The second-order valence-corrected chi connectivity index (χ2v) is 21.3. The molecular weight excluding hydrogens is 974 g/mol. The molecule has 3 aliphatic rings. The highest BCUT2D eigenvalue weighted by Gasteiger charge is 2.44. The molecule has 1 aromatic heterocycles. The van der Waals surface area contributed by atoms with E-state index in [1.807, 2.05) is 66.7 Å². The van der Waals surface area contributed by atoms with Gasteiger partial charge in [-0.1, -0.05) is 89.1 Å². The molecule has 6 aromatic rings. The maximum absolute atomic E-state index is 15.1. The number of nitriles is 1. The average Bonchev–Trinajstić information content (AvgIpc) is 3.75. The van der Waals surface area contributed by atoms with E-state index in [0.717, 1.165) is 57.2 Å². The van der Waals surface area contributed by atoms with Crippen molar-refractivity contribution >= 4 is 67.5 Å². The van der Waals surface area contributed by atoms with Crippen LogP contribution < -0.4 is 24.4 Å². The summed E-state index contributed by atoms with van der Waals surface area (Å²) < 4.78 is 55.1. The smallest absolute Gasteiger partial charge is 0.328 e. The van der Waals surface area contributed by atoms with Crippen LogP contribution in [0.5, 0.6) is 17.2 Å². The highest BCUT2D eigenvalue weighted by molar-refractivity contribution is 7.91. The molecule has 0 radical (unpaired) electrons. The van der Waals surface area contributed by atoms with Gasteiger partial charge in [-0.15, -0.1) is 0 Å². The van der Waals surface area contributed by atoms with E-state index < -0.39 is 40.1 Å². The molecule has 1 aliphatic carbocycles. The molecule has 1 saturated carbocycles. The zero-order valence-electron chi connectivity index (χ0n) is 38.3. The largest absolute Gasteiger partial charge is 0.489 e. The molecule has 2 aliphatic heterocycles. The van der Waals surface area contributed by atoms with E-state index in [0.29, 0.717) is 49.5 Å². The summed E-state index contributed by atoms with van der Waals surface area (Å²) >= 11 is 13.1. The lowest BCUT2D eigenvalue weighted by Gasteiger charge is -2.36. The lowest BCUT2D eigenvalue weighted by atomic mass is 9.92. The highest BCUT2D eigenvalue weighted by Crippen LogP contribution is 2.43. The minimum Gasteiger partial charge on any atom is -0.489 e. The molecule has 0 saturated heterocycles. The van der Waals surface area contributed by atoms with Gasteiger partial charge in [-0.3, -0.25) is 14.5 Å². The maximum Gasteiger partial charge on any atom is 0.328 e. The molecular formula is C52H47Cl2N5O9S2. The zero-order valence-corrected chi connectivity index (χ0v) is 41.5. The van der Waals surface area contributed by atoms with Gasteiger partial charge in [-0.25, -0.2) is 18.2 Å². The van der Waals surface area contributed by atoms with Crippen molar-refractivity contribution in [1.29, 1.82) is 5.26 Å². The Kier molecular flexibility index (Phi) is 14.2. The van der Waals surface area contributed by atoms with Crippen LogP contribution in [-0.4, -0.2) is 67.3 Å². The van der Waals surface area contributed by atoms with Gasteiger partial charge in [0.05, 0.1) is 34.5 Å². The number of methoxy groups -OCH3 is 1.